The fourth-order valence-corrected chi connectivity index (χ4v) is 0.896. The smallest absolute Gasteiger partial charge is 0.341 e. The molecule has 0 radical (unpaired) electrons. The molecule has 14 heavy (non-hydrogen) atoms. The molecule has 78 valence electrons. The van der Waals surface area contributed by atoms with E-state index in [0.717, 1.165) is 11.1 Å². The minimum Gasteiger partial charge on any atom is -0.481 e. The highest BCUT2D eigenvalue weighted by molar-refractivity contribution is 5.68. The molecule has 0 fully saturated rings. The molecule has 0 bridgehead atoms. The van der Waals surface area contributed by atoms with Gasteiger partial charge >= 0.3 is 5.97 Å². The standard InChI is InChI=1S/C11H16O3/c1-5-8(3)11(9(4)6-2)14-7-10(12)13/h5-6H,1,7H2,2-4H3,(H,12,13)/b9-6-,11-8+. The zero-order valence-electron chi connectivity index (χ0n) is 8.83. The van der Waals surface area contributed by atoms with Gasteiger partial charge in [0.25, 0.3) is 0 Å². The highest BCUT2D eigenvalue weighted by Gasteiger charge is 2.06. The summed E-state index contributed by atoms with van der Waals surface area (Å²) in [7, 11) is 0. The summed E-state index contributed by atoms with van der Waals surface area (Å²) in [6.45, 7) is 8.85. The average Bonchev–Trinajstić information content (AvgIpc) is 2.16. The summed E-state index contributed by atoms with van der Waals surface area (Å²) in [6.07, 6.45) is 3.51. The van der Waals surface area contributed by atoms with Gasteiger partial charge in [-0.25, -0.2) is 4.79 Å². The molecule has 0 aliphatic carbocycles. The lowest BCUT2D eigenvalue weighted by molar-refractivity contribution is -0.140. The zero-order valence-corrected chi connectivity index (χ0v) is 8.83. The van der Waals surface area contributed by atoms with E-state index >= 15 is 0 Å². The van der Waals surface area contributed by atoms with Crippen LogP contribution in [-0.2, 0) is 9.53 Å². The summed E-state index contributed by atoms with van der Waals surface area (Å²) in [5.74, 6) is -0.395. The zero-order chi connectivity index (χ0) is 11.1. The van der Waals surface area contributed by atoms with E-state index in [2.05, 4.69) is 6.58 Å². The fraction of sp³-hybridized carbons (Fsp3) is 0.364. The Morgan fingerprint density at radius 2 is 2.07 bits per heavy atom. The summed E-state index contributed by atoms with van der Waals surface area (Å²) < 4.78 is 5.15. The number of ether oxygens (including phenoxy) is 1. The Morgan fingerprint density at radius 3 is 2.43 bits per heavy atom. The van der Waals surface area contributed by atoms with Crippen molar-refractivity contribution in [2.75, 3.05) is 6.61 Å². The molecule has 0 rings (SSSR count). The van der Waals surface area contributed by atoms with Crippen LogP contribution in [0.3, 0.4) is 0 Å². The van der Waals surface area contributed by atoms with Gasteiger partial charge in [-0.3, -0.25) is 0 Å². The molecular weight excluding hydrogens is 180 g/mol. The molecule has 0 aromatic carbocycles. The van der Waals surface area contributed by atoms with E-state index in [1.54, 1.807) is 6.08 Å². The van der Waals surface area contributed by atoms with Crippen molar-refractivity contribution in [1.82, 2.24) is 0 Å². The van der Waals surface area contributed by atoms with Gasteiger partial charge in [-0.15, -0.1) is 0 Å². The first-order valence-corrected chi connectivity index (χ1v) is 4.34. The van der Waals surface area contributed by atoms with Crippen LogP contribution in [0.2, 0.25) is 0 Å². The first-order chi connectivity index (χ1) is 6.52. The second kappa shape index (κ2) is 6.02. The van der Waals surface area contributed by atoms with Gasteiger partial charge in [0.15, 0.2) is 6.61 Å². The maximum absolute atomic E-state index is 10.3. The van der Waals surface area contributed by atoms with Crippen LogP contribution in [0.1, 0.15) is 20.8 Å². The monoisotopic (exact) mass is 196 g/mol. The molecule has 0 aromatic heterocycles. The van der Waals surface area contributed by atoms with Crippen molar-refractivity contribution in [3.63, 3.8) is 0 Å². The number of carbonyl (C=O) groups is 1. The molecule has 0 saturated heterocycles. The Hall–Kier alpha value is -1.51. The minimum absolute atomic E-state index is 0.328. The molecule has 0 amide bonds. The summed E-state index contributed by atoms with van der Waals surface area (Å²) in [5, 5.41) is 8.48. The predicted molar refractivity (Wildman–Crippen MR) is 55.9 cm³/mol. The van der Waals surface area contributed by atoms with E-state index in [0.29, 0.717) is 5.76 Å². The topological polar surface area (TPSA) is 46.5 Å². The minimum atomic E-state index is -0.983. The predicted octanol–water partition coefficient (Wildman–Crippen LogP) is 2.51. The van der Waals surface area contributed by atoms with E-state index in [-0.39, 0.29) is 6.61 Å². The molecule has 0 spiro atoms. The third-order valence-corrected chi connectivity index (χ3v) is 1.80. The molecule has 3 nitrogen and oxygen atoms in total. The Bertz CT molecular complexity index is 285. The Morgan fingerprint density at radius 1 is 1.50 bits per heavy atom. The van der Waals surface area contributed by atoms with Crippen LogP contribution in [0.15, 0.2) is 35.6 Å². The Labute approximate surface area is 84.4 Å². The number of carboxylic acid groups (broad SMARTS) is 1. The summed E-state index contributed by atoms with van der Waals surface area (Å²) in [6, 6.07) is 0. The van der Waals surface area contributed by atoms with Gasteiger partial charge in [-0.05, 0) is 31.9 Å². The van der Waals surface area contributed by atoms with Crippen molar-refractivity contribution in [2.24, 2.45) is 0 Å². The van der Waals surface area contributed by atoms with E-state index in [1.165, 1.54) is 0 Å². The van der Waals surface area contributed by atoms with Crippen LogP contribution in [0.25, 0.3) is 0 Å². The molecule has 3 heteroatoms. The Balaban J connectivity index is 4.75. The average molecular weight is 196 g/mol. The SMILES string of the molecule is C=C/C(C)=C(OCC(=O)O)\C(C)=C/C. The van der Waals surface area contributed by atoms with Gasteiger partial charge in [0, 0.05) is 0 Å². The summed E-state index contributed by atoms with van der Waals surface area (Å²) in [4.78, 5) is 10.3. The molecule has 0 aromatic rings. The van der Waals surface area contributed by atoms with Crippen LogP contribution >= 0.6 is 0 Å². The fourth-order valence-electron chi connectivity index (χ4n) is 0.896. The summed E-state index contributed by atoms with van der Waals surface area (Å²) in [5.41, 5.74) is 1.74. The van der Waals surface area contributed by atoms with Crippen LogP contribution in [0, 0.1) is 0 Å². The number of hydrogen-bond acceptors (Lipinski definition) is 2. The molecule has 0 saturated carbocycles. The lowest BCUT2D eigenvalue weighted by Gasteiger charge is -2.11. The first-order valence-electron chi connectivity index (χ1n) is 4.34. The lowest BCUT2D eigenvalue weighted by atomic mass is 10.1. The molecule has 0 aliphatic heterocycles. The molecule has 0 heterocycles. The quantitative estimate of drug-likeness (QED) is 0.543. The van der Waals surface area contributed by atoms with Gasteiger partial charge < -0.3 is 9.84 Å². The first kappa shape index (κ1) is 12.5. The third kappa shape index (κ3) is 3.94. The largest absolute Gasteiger partial charge is 0.481 e. The van der Waals surface area contributed by atoms with E-state index in [9.17, 15) is 4.79 Å². The molecule has 0 unspecified atom stereocenters. The third-order valence-electron chi connectivity index (χ3n) is 1.80. The second-order valence-corrected chi connectivity index (χ2v) is 2.87. The highest BCUT2D eigenvalue weighted by atomic mass is 16.5. The van der Waals surface area contributed by atoms with Crippen molar-refractivity contribution >= 4 is 5.97 Å². The van der Waals surface area contributed by atoms with Gasteiger partial charge in [-0.1, -0.05) is 18.7 Å². The molecular formula is C11H16O3. The number of aliphatic carboxylic acids is 1. The molecule has 1 N–H and O–H groups in total. The van der Waals surface area contributed by atoms with Gasteiger partial charge in [0.2, 0.25) is 0 Å². The van der Waals surface area contributed by atoms with E-state index in [4.69, 9.17) is 9.84 Å². The van der Waals surface area contributed by atoms with Crippen LogP contribution in [-0.4, -0.2) is 17.7 Å². The van der Waals surface area contributed by atoms with Crippen molar-refractivity contribution in [3.05, 3.63) is 35.6 Å². The van der Waals surface area contributed by atoms with Gasteiger partial charge in [-0.2, -0.15) is 0 Å². The van der Waals surface area contributed by atoms with Crippen molar-refractivity contribution < 1.29 is 14.6 Å². The van der Waals surface area contributed by atoms with Crippen molar-refractivity contribution in [3.8, 4) is 0 Å². The van der Waals surface area contributed by atoms with Crippen LogP contribution in [0.5, 0.6) is 0 Å². The molecule has 0 aliphatic rings. The van der Waals surface area contributed by atoms with Gasteiger partial charge in [0.1, 0.15) is 5.76 Å². The molecule has 0 atom stereocenters. The normalized spacial score (nSPS) is 13.2. The number of hydrogen-bond donors (Lipinski definition) is 1. The number of carboxylic acids is 1. The van der Waals surface area contributed by atoms with Crippen molar-refractivity contribution in [2.45, 2.75) is 20.8 Å². The maximum Gasteiger partial charge on any atom is 0.341 e. The Kier molecular flexibility index (Phi) is 5.37. The second-order valence-electron chi connectivity index (χ2n) is 2.87. The number of rotatable bonds is 5. The highest BCUT2D eigenvalue weighted by Crippen LogP contribution is 2.16. The number of allylic oxidation sites excluding steroid dienone is 4. The van der Waals surface area contributed by atoms with E-state index in [1.807, 2.05) is 26.8 Å². The van der Waals surface area contributed by atoms with Gasteiger partial charge in [0.05, 0.1) is 0 Å². The van der Waals surface area contributed by atoms with Crippen LogP contribution < -0.4 is 0 Å². The maximum atomic E-state index is 10.3. The summed E-state index contributed by atoms with van der Waals surface area (Å²) >= 11 is 0. The van der Waals surface area contributed by atoms with Crippen molar-refractivity contribution in [1.29, 1.82) is 0 Å². The van der Waals surface area contributed by atoms with Crippen LogP contribution in [0.4, 0.5) is 0 Å². The van der Waals surface area contributed by atoms with E-state index < -0.39 is 5.97 Å². The lowest BCUT2D eigenvalue weighted by Crippen LogP contribution is -2.08.